The first-order valence-corrected chi connectivity index (χ1v) is 8.72. The van der Waals surface area contributed by atoms with Crippen LogP contribution < -0.4 is 4.57 Å². The van der Waals surface area contributed by atoms with Crippen LogP contribution in [0.5, 0.6) is 0 Å². The number of Topliss-reactive ketones (excluding diaryl/α,β-unsaturated/α-hetero) is 1. The second kappa shape index (κ2) is 9.90. The molecule has 2 nitrogen and oxygen atoms in total. The molecule has 26 heavy (non-hydrogen) atoms. The topological polar surface area (TPSA) is 20.9 Å². The number of carbonyl (C=O) groups is 1. The minimum atomic E-state index is -0.192. The maximum absolute atomic E-state index is 13.2. The number of aryl methyl sites for hydroxylation is 2. The minimum Gasteiger partial charge on any atom is -0.292 e. The van der Waals surface area contributed by atoms with Gasteiger partial charge in [-0.1, -0.05) is 54.6 Å². The van der Waals surface area contributed by atoms with Gasteiger partial charge in [0.05, 0.1) is 0 Å². The molecule has 1 aromatic heterocycles. The summed E-state index contributed by atoms with van der Waals surface area (Å²) in [4.78, 5) is 13.2. The second-order valence-electron chi connectivity index (χ2n) is 6.54. The van der Waals surface area contributed by atoms with Crippen molar-refractivity contribution >= 4 is 5.78 Å². The van der Waals surface area contributed by atoms with E-state index in [0.717, 1.165) is 5.56 Å². The molecule has 1 unspecified atom stereocenters. The van der Waals surface area contributed by atoms with Crippen molar-refractivity contribution in [3.05, 3.63) is 101 Å². The summed E-state index contributed by atoms with van der Waals surface area (Å²) in [5.74, 6) is 0.248. The first kappa shape index (κ1) is 20.7. The number of ketones is 1. The first-order chi connectivity index (χ1) is 12.1. The standard InChI is InChI=1S/C23H24NO.Y/c1-18-10-9-11-19(2)21(18)17-23(25)22(24-14-7-4-8-15-24)16-20-12-5-3-6-13-20;/h3-15,22H,16-17H2,1-2H3;/q+1;. The number of pyridine rings is 1. The predicted molar refractivity (Wildman–Crippen MR) is 100 cm³/mol. The Balaban J connectivity index is 0.00000243. The summed E-state index contributed by atoms with van der Waals surface area (Å²) >= 11 is 0. The van der Waals surface area contributed by atoms with Gasteiger partial charge in [-0.05, 0) is 36.1 Å². The Hall–Kier alpha value is -1.64. The van der Waals surface area contributed by atoms with Gasteiger partial charge in [0.2, 0.25) is 11.8 Å². The van der Waals surface area contributed by atoms with Crippen LogP contribution in [0.4, 0.5) is 0 Å². The van der Waals surface area contributed by atoms with Crippen molar-refractivity contribution in [3.63, 3.8) is 0 Å². The molecule has 3 aromatic rings. The summed E-state index contributed by atoms with van der Waals surface area (Å²) in [5, 5.41) is 0. The van der Waals surface area contributed by atoms with Gasteiger partial charge in [0.25, 0.3) is 0 Å². The van der Waals surface area contributed by atoms with Gasteiger partial charge >= 0.3 is 0 Å². The van der Waals surface area contributed by atoms with Gasteiger partial charge in [0.1, 0.15) is 0 Å². The van der Waals surface area contributed by atoms with Gasteiger partial charge in [-0.15, -0.1) is 0 Å². The van der Waals surface area contributed by atoms with Crippen LogP contribution >= 0.6 is 0 Å². The fourth-order valence-corrected chi connectivity index (χ4v) is 3.26. The fraction of sp³-hybridized carbons (Fsp3) is 0.217. The van der Waals surface area contributed by atoms with Crippen molar-refractivity contribution in [2.24, 2.45) is 0 Å². The van der Waals surface area contributed by atoms with Crippen LogP contribution in [0, 0.1) is 13.8 Å². The van der Waals surface area contributed by atoms with Crippen molar-refractivity contribution in [1.82, 2.24) is 0 Å². The Morgan fingerprint density at radius 3 is 2.04 bits per heavy atom. The smallest absolute Gasteiger partial charge is 0.220 e. The monoisotopic (exact) mass is 419 g/mol. The van der Waals surface area contributed by atoms with Crippen molar-refractivity contribution in [2.45, 2.75) is 32.7 Å². The molecule has 0 spiro atoms. The van der Waals surface area contributed by atoms with Crippen molar-refractivity contribution in [3.8, 4) is 0 Å². The van der Waals surface area contributed by atoms with Gasteiger partial charge in [-0.2, -0.15) is 4.57 Å². The van der Waals surface area contributed by atoms with Gasteiger partial charge in [-0.3, -0.25) is 4.79 Å². The zero-order chi connectivity index (χ0) is 17.6. The molecule has 0 saturated heterocycles. The fourth-order valence-electron chi connectivity index (χ4n) is 3.26. The Labute approximate surface area is 181 Å². The van der Waals surface area contributed by atoms with Crippen LogP contribution in [0.1, 0.15) is 28.3 Å². The molecule has 0 fully saturated rings. The SMILES string of the molecule is Cc1cccc(C)c1CC(=O)C(Cc1ccccc1)[n+]1ccccc1.[Y]. The van der Waals surface area contributed by atoms with Gasteiger partial charge in [0, 0.05) is 57.7 Å². The Morgan fingerprint density at radius 1 is 0.846 bits per heavy atom. The van der Waals surface area contributed by atoms with E-state index >= 15 is 0 Å². The molecule has 0 saturated carbocycles. The van der Waals surface area contributed by atoms with E-state index in [-0.39, 0.29) is 44.5 Å². The Bertz CT molecular complexity index is 826. The summed E-state index contributed by atoms with van der Waals surface area (Å²) in [6.07, 6.45) is 5.14. The van der Waals surface area contributed by atoms with Gasteiger partial charge in [-0.25, -0.2) is 0 Å². The minimum absolute atomic E-state index is 0. The maximum Gasteiger partial charge on any atom is 0.220 e. The molecule has 0 aliphatic rings. The van der Waals surface area contributed by atoms with E-state index in [2.05, 4.69) is 38.1 Å². The Morgan fingerprint density at radius 2 is 1.42 bits per heavy atom. The first-order valence-electron chi connectivity index (χ1n) is 8.72. The number of rotatable bonds is 6. The molecule has 1 radical (unpaired) electrons. The number of hydrogen-bond acceptors (Lipinski definition) is 1. The quantitative estimate of drug-likeness (QED) is 0.549. The van der Waals surface area contributed by atoms with Crippen molar-refractivity contribution < 1.29 is 42.1 Å². The molecule has 0 amide bonds. The number of nitrogens with zero attached hydrogens (tertiary/aromatic N) is 1. The summed E-state index contributed by atoms with van der Waals surface area (Å²) < 4.78 is 2.03. The largest absolute Gasteiger partial charge is 0.292 e. The van der Waals surface area contributed by atoms with E-state index in [1.54, 1.807) is 0 Å². The number of benzene rings is 2. The third-order valence-electron chi connectivity index (χ3n) is 4.74. The van der Waals surface area contributed by atoms with Crippen LogP contribution in [0.15, 0.2) is 79.1 Å². The van der Waals surface area contributed by atoms with Crippen LogP contribution in [-0.4, -0.2) is 5.78 Å². The summed E-state index contributed by atoms with van der Waals surface area (Å²) in [6.45, 7) is 4.16. The zero-order valence-electron chi connectivity index (χ0n) is 15.4. The van der Waals surface area contributed by atoms with E-state index in [4.69, 9.17) is 0 Å². The number of aromatic nitrogens is 1. The van der Waals surface area contributed by atoms with E-state index in [1.165, 1.54) is 16.7 Å². The molecule has 1 atom stereocenters. The molecule has 0 aliphatic carbocycles. The van der Waals surface area contributed by atoms with Crippen LogP contribution in [0.2, 0.25) is 0 Å². The van der Waals surface area contributed by atoms with Crippen molar-refractivity contribution in [2.75, 3.05) is 0 Å². The van der Waals surface area contributed by atoms with E-state index in [9.17, 15) is 4.79 Å². The maximum atomic E-state index is 13.2. The normalized spacial score (nSPS) is 11.5. The molecule has 0 aliphatic heterocycles. The van der Waals surface area contributed by atoms with Gasteiger partial charge in [0.15, 0.2) is 12.4 Å². The molecule has 129 valence electrons. The van der Waals surface area contributed by atoms with Crippen molar-refractivity contribution in [1.29, 1.82) is 0 Å². The zero-order valence-corrected chi connectivity index (χ0v) is 18.3. The molecule has 2 aromatic carbocycles. The average molecular weight is 419 g/mol. The third-order valence-corrected chi connectivity index (χ3v) is 4.74. The molecule has 0 bridgehead atoms. The molecule has 3 heteroatoms. The van der Waals surface area contributed by atoms with Crippen LogP contribution in [-0.2, 0) is 50.3 Å². The summed E-state index contributed by atoms with van der Waals surface area (Å²) in [6, 6.07) is 22.2. The van der Waals surface area contributed by atoms with E-state index in [0.29, 0.717) is 12.8 Å². The number of carbonyl (C=O) groups excluding carboxylic acids is 1. The average Bonchev–Trinajstić information content (AvgIpc) is 2.64. The molecule has 1 heterocycles. The van der Waals surface area contributed by atoms with Crippen LogP contribution in [0.3, 0.4) is 0 Å². The summed E-state index contributed by atoms with van der Waals surface area (Å²) in [5.41, 5.74) is 4.70. The molecule has 3 rings (SSSR count). The predicted octanol–water partition coefficient (Wildman–Crippen LogP) is 4.18. The molecular formula is C23H24NOY+. The molecular weight excluding hydrogens is 395 g/mol. The second-order valence-corrected chi connectivity index (χ2v) is 6.54. The Kier molecular flexibility index (Phi) is 7.87. The van der Waals surface area contributed by atoms with E-state index in [1.807, 2.05) is 59.4 Å². The molecule has 0 N–H and O–H groups in total. The van der Waals surface area contributed by atoms with E-state index < -0.39 is 0 Å². The van der Waals surface area contributed by atoms with Crippen LogP contribution in [0.25, 0.3) is 0 Å². The number of hydrogen-bond donors (Lipinski definition) is 0. The van der Waals surface area contributed by atoms with Gasteiger partial charge < -0.3 is 0 Å². The summed E-state index contributed by atoms with van der Waals surface area (Å²) in [7, 11) is 0. The third kappa shape index (κ3) is 5.19.